The maximum atomic E-state index is 12.3. The van der Waals surface area contributed by atoms with Gasteiger partial charge < -0.3 is 14.6 Å². The molecule has 6 nitrogen and oxygen atoms in total. The zero-order valence-corrected chi connectivity index (χ0v) is 15.2. The number of carbonyl (C=O) groups is 1. The van der Waals surface area contributed by atoms with E-state index in [-0.39, 0.29) is 5.91 Å². The van der Waals surface area contributed by atoms with E-state index in [2.05, 4.69) is 26.8 Å². The van der Waals surface area contributed by atoms with E-state index in [9.17, 15) is 4.79 Å². The first-order valence-electron chi connectivity index (χ1n) is 8.91. The van der Waals surface area contributed by atoms with Crippen LogP contribution < -0.4 is 10.1 Å². The molecule has 0 bridgehead atoms. The lowest BCUT2D eigenvalue weighted by Crippen LogP contribution is -2.23. The normalized spacial score (nSPS) is 10.8. The number of imidazole rings is 1. The summed E-state index contributed by atoms with van der Waals surface area (Å²) in [5.41, 5.74) is 2.73. The van der Waals surface area contributed by atoms with Crippen LogP contribution in [0.25, 0.3) is 11.2 Å². The molecule has 0 atom stereocenters. The number of amides is 1. The van der Waals surface area contributed by atoms with Crippen LogP contribution in [0.4, 0.5) is 0 Å². The first-order chi connectivity index (χ1) is 12.7. The lowest BCUT2D eigenvalue weighted by atomic mass is 10.2. The van der Waals surface area contributed by atoms with Crippen LogP contribution >= 0.6 is 0 Å². The Bertz CT molecular complexity index is 888. The molecule has 1 aromatic carbocycles. The Balaban J connectivity index is 1.62. The number of para-hydroxylation sites is 1. The molecule has 0 spiro atoms. The topological polar surface area (TPSA) is 69.0 Å². The largest absolute Gasteiger partial charge is 0.496 e. The molecular formula is C20H24N4O2. The number of ether oxygens (including phenoxy) is 1. The van der Waals surface area contributed by atoms with Crippen LogP contribution in [0.2, 0.25) is 0 Å². The van der Waals surface area contributed by atoms with Gasteiger partial charge in [-0.3, -0.25) is 4.79 Å². The van der Waals surface area contributed by atoms with E-state index in [1.807, 2.05) is 36.4 Å². The number of aromatic nitrogens is 3. The highest BCUT2D eigenvalue weighted by Crippen LogP contribution is 2.17. The van der Waals surface area contributed by atoms with Gasteiger partial charge in [-0.1, -0.05) is 25.1 Å². The lowest BCUT2D eigenvalue weighted by Gasteiger charge is -2.10. The number of methoxy groups -OCH3 is 1. The summed E-state index contributed by atoms with van der Waals surface area (Å²) in [4.78, 5) is 21.3. The van der Waals surface area contributed by atoms with Crippen molar-refractivity contribution < 1.29 is 9.53 Å². The number of rotatable bonds is 8. The van der Waals surface area contributed by atoms with E-state index in [1.54, 1.807) is 13.3 Å². The molecule has 1 amide bonds. The van der Waals surface area contributed by atoms with Gasteiger partial charge in [-0.25, -0.2) is 9.97 Å². The number of nitrogens with zero attached hydrogens (tertiary/aromatic N) is 3. The van der Waals surface area contributed by atoms with Crippen LogP contribution in [0, 0.1) is 0 Å². The molecule has 6 heteroatoms. The second kappa shape index (κ2) is 8.47. The van der Waals surface area contributed by atoms with E-state index in [1.165, 1.54) is 0 Å². The maximum Gasteiger partial charge on any atom is 0.220 e. The van der Waals surface area contributed by atoms with E-state index < -0.39 is 0 Å². The molecule has 0 radical (unpaired) electrons. The third-order valence-electron chi connectivity index (χ3n) is 4.27. The van der Waals surface area contributed by atoms with Crippen molar-refractivity contribution in [2.75, 3.05) is 7.11 Å². The Morgan fingerprint density at radius 1 is 1.23 bits per heavy atom. The first-order valence-corrected chi connectivity index (χ1v) is 8.91. The van der Waals surface area contributed by atoms with Gasteiger partial charge in [0.1, 0.15) is 17.1 Å². The summed E-state index contributed by atoms with van der Waals surface area (Å²) in [5.74, 6) is 1.69. The number of hydrogen-bond acceptors (Lipinski definition) is 4. The van der Waals surface area contributed by atoms with Crippen molar-refractivity contribution in [3.63, 3.8) is 0 Å². The predicted molar refractivity (Wildman–Crippen MR) is 101 cm³/mol. The summed E-state index contributed by atoms with van der Waals surface area (Å²) >= 11 is 0. The minimum absolute atomic E-state index is 0.000954. The van der Waals surface area contributed by atoms with E-state index >= 15 is 0 Å². The molecular weight excluding hydrogens is 328 g/mol. The number of aryl methyl sites for hydroxylation is 2. The molecule has 0 saturated heterocycles. The van der Waals surface area contributed by atoms with Gasteiger partial charge in [0.05, 0.1) is 7.11 Å². The Kier molecular flexibility index (Phi) is 5.84. The highest BCUT2D eigenvalue weighted by Gasteiger charge is 2.13. The number of benzene rings is 1. The molecule has 136 valence electrons. The number of carbonyl (C=O) groups excluding carboxylic acids is 1. The van der Waals surface area contributed by atoms with Crippen LogP contribution in [-0.4, -0.2) is 27.6 Å². The monoisotopic (exact) mass is 352 g/mol. The minimum Gasteiger partial charge on any atom is -0.496 e. The van der Waals surface area contributed by atoms with Gasteiger partial charge in [-0.05, 0) is 24.6 Å². The smallest absolute Gasteiger partial charge is 0.220 e. The zero-order valence-electron chi connectivity index (χ0n) is 15.2. The average molecular weight is 352 g/mol. The van der Waals surface area contributed by atoms with Gasteiger partial charge >= 0.3 is 0 Å². The van der Waals surface area contributed by atoms with E-state index in [4.69, 9.17) is 4.74 Å². The Morgan fingerprint density at radius 2 is 2.08 bits per heavy atom. The number of nitrogens with one attached hydrogen (secondary N) is 1. The highest BCUT2D eigenvalue weighted by atomic mass is 16.5. The summed E-state index contributed by atoms with van der Waals surface area (Å²) in [6.07, 6.45) is 3.76. The average Bonchev–Trinajstić information content (AvgIpc) is 3.03. The summed E-state index contributed by atoms with van der Waals surface area (Å²) in [5, 5.41) is 2.96. The molecule has 3 rings (SSSR count). The number of fused-ring (bicyclic) bond motifs is 1. The van der Waals surface area contributed by atoms with Gasteiger partial charge in [0.25, 0.3) is 0 Å². The van der Waals surface area contributed by atoms with Crippen molar-refractivity contribution in [2.45, 2.75) is 39.3 Å². The van der Waals surface area contributed by atoms with Crippen molar-refractivity contribution in [1.82, 2.24) is 19.9 Å². The van der Waals surface area contributed by atoms with Crippen LogP contribution in [-0.2, 0) is 24.3 Å². The van der Waals surface area contributed by atoms with Crippen LogP contribution in [0.1, 0.15) is 31.2 Å². The van der Waals surface area contributed by atoms with Gasteiger partial charge in [-0.15, -0.1) is 0 Å². The lowest BCUT2D eigenvalue weighted by molar-refractivity contribution is -0.121. The van der Waals surface area contributed by atoms with Crippen molar-refractivity contribution in [3.05, 3.63) is 54.0 Å². The fourth-order valence-corrected chi connectivity index (χ4v) is 3.01. The third-order valence-corrected chi connectivity index (χ3v) is 4.27. The van der Waals surface area contributed by atoms with Crippen LogP contribution in [0.3, 0.4) is 0 Å². The second-order valence-electron chi connectivity index (χ2n) is 6.11. The molecule has 0 fully saturated rings. The highest BCUT2D eigenvalue weighted by molar-refractivity contribution is 5.76. The number of hydrogen-bond donors (Lipinski definition) is 1. The van der Waals surface area contributed by atoms with Crippen LogP contribution in [0.15, 0.2) is 42.6 Å². The van der Waals surface area contributed by atoms with Crippen molar-refractivity contribution in [3.8, 4) is 5.75 Å². The fraction of sp³-hybridized carbons (Fsp3) is 0.350. The molecule has 0 saturated carbocycles. The SMILES string of the molecule is CCCn1c(CCC(=O)NCc2ccccc2OC)nc2cccnc21. The van der Waals surface area contributed by atoms with E-state index in [0.717, 1.165) is 41.3 Å². The molecule has 1 N–H and O–H groups in total. The van der Waals surface area contributed by atoms with Crippen LogP contribution in [0.5, 0.6) is 5.75 Å². The number of pyridine rings is 1. The Hall–Kier alpha value is -2.89. The summed E-state index contributed by atoms with van der Waals surface area (Å²) < 4.78 is 7.43. The summed E-state index contributed by atoms with van der Waals surface area (Å²) in [6, 6.07) is 11.5. The molecule has 2 heterocycles. The molecule has 0 aliphatic carbocycles. The molecule has 2 aromatic heterocycles. The summed E-state index contributed by atoms with van der Waals surface area (Å²) in [7, 11) is 1.63. The molecule has 0 unspecified atom stereocenters. The predicted octanol–water partition coefficient (Wildman–Crippen LogP) is 3.10. The maximum absolute atomic E-state index is 12.3. The third kappa shape index (κ3) is 4.02. The van der Waals surface area contributed by atoms with Gasteiger partial charge in [0.2, 0.25) is 5.91 Å². The Labute approximate surface area is 153 Å². The molecule has 3 aromatic rings. The Morgan fingerprint density at radius 3 is 2.88 bits per heavy atom. The molecule has 0 aliphatic heterocycles. The minimum atomic E-state index is -0.000954. The van der Waals surface area contributed by atoms with Crippen molar-refractivity contribution in [2.24, 2.45) is 0 Å². The second-order valence-corrected chi connectivity index (χ2v) is 6.11. The summed E-state index contributed by atoms with van der Waals surface area (Å²) in [6.45, 7) is 3.43. The molecule has 0 aliphatic rings. The van der Waals surface area contributed by atoms with Gasteiger partial charge in [0.15, 0.2) is 5.65 Å². The standard InChI is InChI=1S/C20H24N4O2/c1-3-13-24-18(23-16-8-6-12-21-20(16)24)10-11-19(25)22-14-15-7-4-5-9-17(15)26-2/h4-9,12H,3,10-11,13-14H2,1-2H3,(H,22,25). The quantitative estimate of drug-likeness (QED) is 0.676. The van der Waals surface area contributed by atoms with Gasteiger partial charge in [0, 0.05) is 37.7 Å². The van der Waals surface area contributed by atoms with E-state index in [0.29, 0.717) is 19.4 Å². The van der Waals surface area contributed by atoms with Gasteiger partial charge in [-0.2, -0.15) is 0 Å². The fourth-order valence-electron chi connectivity index (χ4n) is 3.01. The molecule has 26 heavy (non-hydrogen) atoms. The first kappa shape index (κ1) is 17.9. The zero-order chi connectivity index (χ0) is 18.4. The van der Waals surface area contributed by atoms with Crippen molar-refractivity contribution in [1.29, 1.82) is 0 Å². The van der Waals surface area contributed by atoms with Crippen molar-refractivity contribution >= 4 is 17.1 Å².